The van der Waals surface area contributed by atoms with Gasteiger partial charge in [-0.3, -0.25) is 19.4 Å². The fraction of sp³-hybridized carbons (Fsp3) is 0.636. The van der Waals surface area contributed by atoms with E-state index in [1.807, 2.05) is 11.8 Å². The lowest BCUT2D eigenvalue weighted by atomic mass is 9.78. The van der Waals surface area contributed by atoms with Crippen molar-refractivity contribution in [2.75, 3.05) is 51.7 Å². The van der Waals surface area contributed by atoms with E-state index < -0.39 is 83.1 Å². The summed E-state index contributed by atoms with van der Waals surface area (Å²) >= 11 is 0. The first-order valence-corrected chi connectivity index (χ1v) is 26.2. The van der Waals surface area contributed by atoms with Crippen molar-refractivity contribution in [3.8, 4) is 17.2 Å². The maximum Gasteiger partial charge on any atom is 0.410 e. The number of nitrogens with one attached hydrogen (secondary N) is 1. The second-order valence-electron chi connectivity index (χ2n) is 22.0. The van der Waals surface area contributed by atoms with E-state index in [1.165, 1.54) is 20.3 Å². The fourth-order valence-electron chi connectivity index (χ4n) is 11.8. The number of likely N-dealkylation sites (tertiary alicyclic amines) is 3. The number of allylic oxidation sites excluding steroid dienone is 2. The highest BCUT2D eigenvalue weighted by Gasteiger charge is 2.51. The smallest absolute Gasteiger partial charge is 0.410 e. The Bertz CT molecular complexity index is 2700. The molecule has 3 fully saturated rings. The van der Waals surface area contributed by atoms with Crippen molar-refractivity contribution in [3.63, 3.8) is 0 Å². The highest BCUT2D eigenvalue weighted by atomic mass is 16.7. The minimum absolute atomic E-state index is 0.0433. The molecule has 0 saturated carbocycles. The van der Waals surface area contributed by atoms with Gasteiger partial charge in [-0.15, -0.1) is 0 Å². The Morgan fingerprint density at radius 3 is 2.26 bits per heavy atom. The van der Waals surface area contributed by atoms with Crippen LogP contribution in [0.3, 0.4) is 0 Å². The summed E-state index contributed by atoms with van der Waals surface area (Å²) < 4.78 is 25.0. The predicted molar refractivity (Wildman–Crippen MR) is 273 cm³/mol. The first-order chi connectivity index (χ1) is 34.6. The molecule has 1 spiro atoms. The Labute approximate surface area is 427 Å². The Hall–Kier alpha value is -5.56. The van der Waals surface area contributed by atoms with Gasteiger partial charge in [0.05, 0.1) is 41.2 Å². The summed E-state index contributed by atoms with van der Waals surface area (Å²) in [5, 5.41) is 51.6. The summed E-state index contributed by atoms with van der Waals surface area (Å²) in [6.45, 7) is 19.8. The van der Waals surface area contributed by atoms with Gasteiger partial charge in [-0.1, -0.05) is 59.8 Å². The number of aromatic hydroxyl groups is 2. The van der Waals surface area contributed by atoms with Crippen LogP contribution in [0.1, 0.15) is 116 Å². The molecule has 7 aliphatic heterocycles. The second kappa shape index (κ2) is 21.4. The summed E-state index contributed by atoms with van der Waals surface area (Å²) in [5.41, 5.74) is -0.170. The number of ether oxygens (including phenoxy) is 4. The Morgan fingerprint density at radius 2 is 1.60 bits per heavy atom. The third-order valence-electron chi connectivity index (χ3n) is 16.4. The molecule has 5 bridgehead atoms. The molecule has 7 heterocycles. The average Bonchev–Trinajstić information content (AvgIpc) is 3.87. The molecule has 73 heavy (non-hydrogen) atoms. The lowest BCUT2D eigenvalue weighted by Gasteiger charge is -2.41. The molecule has 9 rings (SSSR count). The normalized spacial score (nSPS) is 32.1. The maximum absolute atomic E-state index is 15.0. The lowest BCUT2D eigenvalue weighted by molar-refractivity contribution is -0.136. The van der Waals surface area contributed by atoms with Crippen molar-refractivity contribution in [2.45, 2.75) is 149 Å². The van der Waals surface area contributed by atoms with E-state index in [2.05, 4.69) is 29.1 Å². The number of carbonyl (C=O) groups is 4. The summed E-state index contributed by atoms with van der Waals surface area (Å²) in [4.78, 5) is 71.4. The molecule has 3 saturated heterocycles. The Morgan fingerprint density at radius 1 is 0.904 bits per heavy atom. The maximum atomic E-state index is 15.0. The molecule has 18 nitrogen and oxygen atoms in total. The van der Waals surface area contributed by atoms with Gasteiger partial charge in [-0.25, -0.2) is 9.79 Å². The van der Waals surface area contributed by atoms with Gasteiger partial charge in [-0.05, 0) is 51.5 Å². The van der Waals surface area contributed by atoms with Gasteiger partial charge in [-0.2, -0.15) is 0 Å². The molecule has 0 aliphatic carbocycles. The van der Waals surface area contributed by atoms with Crippen molar-refractivity contribution < 1.29 is 58.6 Å². The first-order valence-electron chi connectivity index (χ1n) is 26.2. The van der Waals surface area contributed by atoms with Crippen LogP contribution in [0.25, 0.3) is 10.8 Å². The van der Waals surface area contributed by atoms with Crippen LogP contribution in [-0.2, 0) is 23.8 Å². The van der Waals surface area contributed by atoms with E-state index in [4.69, 9.17) is 23.9 Å². The number of fused-ring (bicyclic) bond motifs is 13. The zero-order valence-electron chi connectivity index (χ0n) is 44.1. The van der Waals surface area contributed by atoms with Crippen molar-refractivity contribution in [1.29, 1.82) is 0 Å². The SMILES string of the molecule is CO[C@H]1/C=C/O[C@@]2(C)Oc3c(C)c(O)c4c(O)c(c5c(c4c3C2=O)NC2(CCN(CC(C)C)CC2)N=5)=NC(=O)/C(C)=C\C=C\[C@H](C)[C@H](O)[C@@H](C)[C@@H](O)[C@@H](C)[C@H](OC(=O)N2CCC(N3CCCCC3=O)CC2)[C@@H]1C. The van der Waals surface area contributed by atoms with E-state index in [0.717, 1.165) is 25.9 Å². The van der Waals surface area contributed by atoms with Crippen LogP contribution in [0.5, 0.6) is 17.2 Å². The number of hydrogen-bond acceptors (Lipinski definition) is 15. The molecule has 5 N–H and O–H groups in total. The molecular weight excluding hydrogens is 937 g/mol. The number of phenols is 2. The number of anilines is 1. The number of nitrogens with zero attached hydrogens (tertiary/aromatic N) is 5. The molecule has 7 aliphatic rings. The molecule has 0 unspecified atom stereocenters. The molecule has 0 aromatic heterocycles. The van der Waals surface area contributed by atoms with E-state index in [0.29, 0.717) is 69.9 Å². The number of Topliss-reactive ketones (excluding diaryl/α,β-unsaturated/α-hetero) is 1. The number of hydrogen-bond donors (Lipinski definition) is 5. The van der Waals surface area contributed by atoms with Gasteiger partial charge in [0.15, 0.2) is 5.75 Å². The third kappa shape index (κ3) is 10.3. The first kappa shape index (κ1) is 53.7. The van der Waals surface area contributed by atoms with Gasteiger partial charge < -0.3 is 59.4 Å². The van der Waals surface area contributed by atoms with Crippen LogP contribution in [0.2, 0.25) is 0 Å². The molecule has 3 amide bonds. The lowest BCUT2D eigenvalue weighted by Crippen LogP contribution is -2.52. The average molecular weight is 1010 g/mol. The number of phenolic OH excluding ortho intramolecular Hbond substituents is 2. The highest BCUT2D eigenvalue weighted by molar-refractivity contribution is 6.21. The van der Waals surface area contributed by atoms with Gasteiger partial charge in [0.1, 0.15) is 34.0 Å². The van der Waals surface area contributed by atoms with Crippen LogP contribution in [0.4, 0.5) is 10.5 Å². The number of piperidine rings is 3. The van der Waals surface area contributed by atoms with Gasteiger partial charge in [0, 0.05) is 119 Å². The van der Waals surface area contributed by atoms with E-state index in [1.54, 1.807) is 63.8 Å². The summed E-state index contributed by atoms with van der Waals surface area (Å²) in [6.07, 6.45) is 7.86. The fourth-order valence-corrected chi connectivity index (χ4v) is 11.8. The number of rotatable bonds is 5. The minimum atomic E-state index is -1.99. The van der Waals surface area contributed by atoms with Crippen molar-refractivity contribution >= 4 is 40.2 Å². The number of aliphatic hydroxyl groups is 2. The topological polar surface area (TPSA) is 233 Å². The predicted octanol–water partition coefficient (Wildman–Crippen LogP) is 5.80. The zero-order valence-corrected chi connectivity index (χ0v) is 44.1. The number of ketones is 1. The number of carbonyl (C=O) groups excluding carboxylic acids is 4. The Kier molecular flexibility index (Phi) is 15.7. The second-order valence-corrected chi connectivity index (χ2v) is 22.0. The standard InChI is InChI=1S/C55H76N6O12/c1-29(2)28-59-25-20-55(21-26-59)57-42-39-40-47(65)35(8)50-41(39)51(67)54(9,73-50)71-27-19-37(70-10)32(5)49(72-53(69)60-23-17-36(18-24-60)61-22-12-11-16-38(61)62)34(7)46(64)33(6)45(63)30(3)14-13-15-31(4)52(68)56-44(48(40)66)43(42)58-55/h13-15,19,27,29-30,32-34,36-37,45-46,49,57,63-66H,11-12,16-18,20-26,28H2,1-10H3/b14-13+,27-19+,31-15-,56-44?/t30-,32+,33+,34+,37-,45-,46+,49+,54-/m0/s1. The molecular formula is C55H76N6O12. The van der Waals surface area contributed by atoms with Crippen LogP contribution in [0.15, 0.2) is 46.1 Å². The molecule has 2 aromatic carbocycles. The van der Waals surface area contributed by atoms with Crippen LogP contribution in [-0.4, -0.2) is 147 Å². The van der Waals surface area contributed by atoms with E-state index in [-0.39, 0.29) is 61.6 Å². The molecule has 9 atom stereocenters. The van der Waals surface area contributed by atoms with E-state index in [9.17, 15) is 39.6 Å². The summed E-state index contributed by atoms with van der Waals surface area (Å²) in [7, 11) is 1.48. The Balaban J connectivity index is 1.18. The molecule has 0 radical (unpaired) electrons. The summed E-state index contributed by atoms with van der Waals surface area (Å²) in [5.74, 6) is -6.21. The van der Waals surface area contributed by atoms with Crippen molar-refractivity contribution in [3.05, 3.63) is 58.0 Å². The number of amides is 3. The molecule has 18 heteroatoms. The van der Waals surface area contributed by atoms with E-state index >= 15 is 0 Å². The van der Waals surface area contributed by atoms with Crippen LogP contribution < -0.4 is 20.8 Å². The van der Waals surface area contributed by atoms with Gasteiger partial charge in [0.25, 0.3) is 11.7 Å². The monoisotopic (exact) mass is 1010 g/mol. The van der Waals surface area contributed by atoms with Crippen molar-refractivity contribution in [2.24, 2.45) is 39.6 Å². The number of benzene rings is 2. The quantitative estimate of drug-likeness (QED) is 0.223. The summed E-state index contributed by atoms with van der Waals surface area (Å²) in [6, 6.07) is 0.0435. The number of aliphatic hydroxyl groups excluding tert-OH is 2. The molecule has 2 aromatic rings. The van der Waals surface area contributed by atoms with Crippen LogP contribution in [0, 0.1) is 36.5 Å². The number of methoxy groups -OCH3 is 1. The zero-order chi connectivity index (χ0) is 52.8. The van der Waals surface area contributed by atoms with Crippen LogP contribution >= 0.6 is 0 Å². The largest absolute Gasteiger partial charge is 0.507 e. The molecule has 398 valence electrons. The minimum Gasteiger partial charge on any atom is -0.507 e. The van der Waals surface area contributed by atoms with Gasteiger partial charge >= 0.3 is 11.9 Å². The highest BCUT2D eigenvalue weighted by Crippen LogP contribution is 2.51. The van der Waals surface area contributed by atoms with Gasteiger partial charge in [0.2, 0.25) is 5.91 Å². The third-order valence-corrected chi connectivity index (χ3v) is 16.4. The van der Waals surface area contributed by atoms with Crippen molar-refractivity contribution in [1.82, 2.24) is 14.7 Å².